The van der Waals surface area contributed by atoms with Crippen molar-refractivity contribution in [2.24, 2.45) is 11.8 Å². The second-order valence-corrected chi connectivity index (χ2v) is 7.13. The van der Waals surface area contributed by atoms with Crippen LogP contribution in [0.25, 0.3) is 0 Å². The van der Waals surface area contributed by atoms with Gasteiger partial charge in [-0.25, -0.2) is 4.79 Å². The number of likely N-dealkylation sites (tertiary alicyclic amines) is 1. The van der Waals surface area contributed by atoms with Gasteiger partial charge in [-0.15, -0.1) is 0 Å². The Morgan fingerprint density at radius 3 is 2.27 bits per heavy atom. The summed E-state index contributed by atoms with van der Waals surface area (Å²) in [5.74, 6) is -0.972. The van der Waals surface area contributed by atoms with Crippen LogP contribution < -0.4 is 4.74 Å². The van der Waals surface area contributed by atoms with Crippen LogP contribution in [0.3, 0.4) is 0 Å². The first-order valence-corrected chi connectivity index (χ1v) is 9.28. The van der Waals surface area contributed by atoms with Crippen LogP contribution in [-0.2, 0) is 19.1 Å². The predicted octanol–water partition coefficient (Wildman–Crippen LogP) is 2.83. The van der Waals surface area contributed by atoms with Crippen molar-refractivity contribution in [3.63, 3.8) is 0 Å². The quantitative estimate of drug-likeness (QED) is 0.431. The Morgan fingerprint density at radius 1 is 1.12 bits per heavy atom. The molecule has 0 bridgehead atoms. The molecule has 26 heavy (non-hydrogen) atoms. The van der Waals surface area contributed by atoms with Gasteiger partial charge in [-0.2, -0.15) is 0 Å². The molecular formula is C19H22ClNO5. The van der Waals surface area contributed by atoms with Gasteiger partial charge in [0.1, 0.15) is 25.0 Å². The van der Waals surface area contributed by atoms with Crippen LogP contribution in [0.4, 0.5) is 0 Å². The first-order chi connectivity index (χ1) is 12.5. The summed E-state index contributed by atoms with van der Waals surface area (Å²) in [7, 11) is 0. The molecule has 3 atom stereocenters. The third-order valence-electron chi connectivity index (χ3n) is 5.01. The molecule has 2 fully saturated rings. The van der Waals surface area contributed by atoms with E-state index in [0.717, 1.165) is 30.6 Å². The van der Waals surface area contributed by atoms with E-state index in [4.69, 9.17) is 21.1 Å². The van der Waals surface area contributed by atoms with E-state index in [1.165, 1.54) is 6.92 Å². The highest BCUT2D eigenvalue weighted by atomic mass is 35.5. The second-order valence-electron chi connectivity index (χ2n) is 6.69. The van der Waals surface area contributed by atoms with E-state index in [9.17, 15) is 14.4 Å². The van der Waals surface area contributed by atoms with Gasteiger partial charge in [0.15, 0.2) is 0 Å². The first-order valence-electron chi connectivity index (χ1n) is 8.91. The fourth-order valence-electron chi connectivity index (χ4n) is 3.63. The Hall–Kier alpha value is -2.08. The highest BCUT2D eigenvalue weighted by Gasteiger charge is 2.51. The molecule has 0 radical (unpaired) electrons. The Kier molecular flexibility index (Phi) is 5.81. The molecule has 1 aromatic carbocycles. The van der Waals surface area contributed by atoms with Crippen molar-refractivity contribution in [1.29, 1.82) is 0 Å². The number of carbonyl (C=O) groups is 3. The van der Waals surface area contributed by atoms with E-state index >= 15 is 0 Å². The van der Waals surface area contributed by atoms with E-state index in [2.05, 4.69) is 0 Å². The van der Waals surface area contributed by atoms with Gasteiger partial charge in [0.25, 0.3) is 0 Å². The maximum Gasteiger partial charge on any atom is 0.329 e. The SMILES string of the molecule is C[C@@H](C(=O)OCCOc1ccc(Cl)cc1)N1C(=O)[C@H]2CCCC[C@H]2C1=O. The Labute approximate surface area is 157 Å². The minimum absolute atomic E-state index is 0.0366. The Bertz CT molecular complexity index is 666. The van der Waals surface area contributed by atoms with E-state index in [1.54, 1.807) is 24.3 Å². The molecule has 3 rings (SSSR count). The van der Waals surface area contributed by atoms with E-state index in [-0.39, 0.29) is 36.9 Å². The number of amides is 2. The summed E-state index contributed by atoms with van der Waals surface area (Å²) in [5.41, 5.74) is 0. The van der Waals surface area contributed by atoms with Gasteiger partial charge in [0.2, 0.25) is 11.8 Å². The average Bonchev–Trinajstić information content (AvgIpc) is 2.90. The molecule has 0 unspecified atom stereocenters. The summed E-state index contributed by atoms with van der Waals surface area (Å²) in [6.45, 7) is 1.75. The van der Waals surface area contributed by atoms with Crippen molar-refractivity contribution in [2.45, 2.75) is 38.6 Å². The number of fused-ring (bicyclic) bond motifs is 1. The topological polar surface area (TPSA) is 72.9 Å². The lowest BCUT2D eigenvalue weighted by molar-refractivity contribution is -0.158. The van der Waals surface area contributed by atoms with Gasteiger partial charge < -0.3 is 9.47 Å². The summed E-state index contributed by atoms with van der Waals surface area (Å²) in [5, 5.41) is 0.609. The highest BCUT2D eigenvalue weighted by molar-refractivity contribution is 6.30. The number of nitrogens with zero attached hydrogens (tertiary/aromatic N) is 1. The van der Waals surface area contributed by atoms with Crippen LogP contribution in [-0.4, -0.2) is 41.9 Å². The number of benzene rings is 1. The standard InChI is InChI=1S/C19H22ClNO5/c1-12(21-17(22)15-4-2-3-5-16(15)18(21)23)19(24)26-11-10-25-14-8-6-13(20)7-9-14/h6-9,12,15-16H,2-5,10-11H2,1H3/t12-,15-,16+/m0/s1. The van der Waals surface area contributed by atoms with E-state index in [1.807, 2.05) is 0 Å². The van der Waals surface area contributed by atoms with Crippen molar-refractivity contribution in [3.8, 4) is 5.75 Å². The van der Waals surface area contributed by atoms with Crippen LogP contribution in [0.5, 0.6) is 5.75 Å². The smallest absolute Gasteiger partial charge is 0.329 e. The summed E-state index contributed by atoms with van der Waals surface area (Å²) >= 11 is 5.80. The van der Waals surface area contributed by atoms with Crippen molar-refractivity contribution in [2.75, 3.05) is 13.2 Å². The normalized spacial score (nSPS) is 23.5. The third-order valence-corrected chi connectivity index (χ3v) is 5.27. The van der Waals surface area contributed by atoms with Crippen LogP contribution in [0.1, 0.15) is 32.6 Å². The lowest BCUT2D eigenvalue weighted by Crippen LogP contribution is -2.44. The molecule has 0 aromatic heterocycles. The molecule has 1 saturated heterocycles. The first kappa shape index (κ1) is 18.7. The summed E-state index contributed by atoms with van der Waals surface area (Å²) in [4.78, 5) is 38.3. The molecule has 6 nitrogen and oxygen atoms in total. The fourth-order valence-corrected chi connectivity index (χ4v) is 3.75. The molecule has 1 saturated carbocycles. The average molecular weight is 380 g/mol. The van der Waals surface area contributed by atoms with Gasteiger partial charge in [0.05, 0.1) is 11.8 Å². The molecule has 1 aliphatic heterocycles. The number of rotatable bonds is 6. The van der Waals surface area contributed by atoms with Crippen LogP contribution >= 0.6 is 11.6 Å². The molecule has 2 amide bonds. The molecule has 1 heterocycles. The maximum absolute atomic E-state index is 12.5. The Balaban J connectivity index is 1.49. The number of hydrogen-bond donors (Lipinski definition) is 0. The third kappa shape index (κ3) is 3.85. The molecule has 0 spiro atoms. The lowest BCUT2D eigenvalue weighted by Gasteiger charge is -2.21. The van der Waals surface area contributed by atoms with E-state index in [0.29, 0.717) is 10.8 Å². The molecule has 140 valence electrons. The molecule has 1 aromatic rings. The summed E-state index contributed by atoms with van der Waals surface area (Å²) in [6, 6.07) is 5.94. The second kappa shape index (κ2) is 8.08. The van der Waals surface area contributed by atoms with Crippen molar-refractivity contribution in [3.05, 3.63) is 29.3 Å². The minimum Gasteiger partial charge on any atom is -0.490 e. The van der Waals surface area contributed by atoms with Crippen molar-refractivity contribution >= 4 is 29.4 Å². The molecule has 7 heteroatoms. The van der Waals surface area contributed by atoms with Crippen molar-refractivity contribution < 1.29 is 23.9 Å². The maximum atomic E-state index is 12.5. The highest BCUT2D eigenvalue weighted by Crippen LogP contribution is 2.38. The zero-order valence-corrected chi connectivity index (χ0v) is 15.4. The van der Waals surface area contributed by atoms with Crippen LogP contribution in [0.15, 0.2) is 24.3 Å². The van der Waals surface area contributed by atoms with Crippen molar-refractivity contribution in [1.82, 2.24) is 4.90 Å². The monoisotopic (exact) mass is 379 g/mol. The number of ether oxygens (including phenoxy) is 2. The van der Waals surface area contributed by atoms with Gasteiger partial charge >= 0.3 is 5.97 Å². The number of halogens is 1. The zero-order chi connectivity index (χ0) is 18.7. The van der Waals surface area contributed by atoms with E-state index < -0.39 is 12.0 Å². The summed E-state index contributed by atoms with van der Waals surface area (Å²) in [6.07, 6.45) is 3.36. The van der Waals surface area contributed by atoms with Crippen LogP contribution in [0, 0.1) is 11.8 Å². The molecule has 1 aliphatic carbocycles. The molecule has 2 aliphatic rings. The zero-order valence-electron chi connectivity index (χ0n) is 14.7. The van der Waals surface area contributed by atoms with Crippen LogP contribution in [0.2, 0.25) is 5.02 Å². The van der Waals surface area contributed by atoms with Gasteiger partial charge in [-0.1, -0.05) is 24.4 Å². The lowest BCUT2D eigenvalue weighted by atomic mass is 9.81. The largest absolute Gasteiger partial charge is 0.490 e. The fraction of sp³-hybridized carbons (Fsp3) is 0.526. The number of carbonyl (C=O) groups excluding carboxylic acids is 3. The molecule has 0 N–H and O–H groups in total. The summed E-state index contributed by atoms with van der Waals surface area (Å²) < 4.78 is 10.6. The Morgan fingerprint density at radius 2 is 1.69 bits per heavy atom. The predicted molar refractivity (Wildman–Crippen MR) is 94.7 cm³/mol. The number of imide groups is 1. The molecular weight excluding hydrogens is 358 g/mol. The van der Waals surface area contributed by atoms with Gasteiger partial charge in [-0.3, -0.25) is 14.5 Å². The van der Waals surface area contributed by atoms with Gasteiger partial charge in [-0.05, 0) is 44.0 Å². The number of hydrogen-bond acceptors (Lipinski definition) is 5. The van der Waals surface area contributed by atoms with Gasteiger partial charge in [0, 0.05) is 5.02 Å². The number of esters is 1. The minimum atomic E-state index is -0.906.